The van der Waals surface area contributed by atoms with Crippen molar-refractivity contribution >= 4 is 6.03 Å². The van der Waals surface area contributed by atoms with Gasteiger partial charge in [-0.25, -0.2) is 4.79 Å². The Hall–Kier alpha value is -0.810. The van der Waals surface area contributed by atoms with Crippen LogP contribution in [0, 0.1) is 0 Å². The standard InChI is InChI=1S/C11H20N2O3/c14-8-10-2-1-5-13(10)11(15)12-9-3-6-16-7-4-9/h9-10,14H,1-8H2,(H,12,15). The Morgan fingerprint density at radius 1 is 1.38 bits per heavy atom. The van der Waals surface area contributed by atoms with E-state index in [0.717, 1.165) is 45.4 Å². The predicted octanol–water partition coefficient (Wildman–Crippen LogP) is 0.332. The lowest BCUT2D eigenvalue weighted by Crippen LogP contribution is -2.49. The highest BCUT2D eigenvalue weighted by Crippen LogP contribution is 2.17. The SMILES string of the molecule is O=C(NC1CCOCC1)N1CCCC1CO. The van der Waals surface area contributed by atoms with Crippen LogP contribution in [0.5, 0.6) is 0 Å². The maximum Gasteiger partial charge on any atom is 0.317 e. The molecule has 2 saturated heterocycles. The molecule has 0 aromatic carbocycles. The first kappa shape index (κ1) is 11.7. The molecule has 5 nitrogen and oxygen atoms in total. The topological polar surface area (TPSA) is 61.8 Å². The molecular weight excluding hydrogens is 208 g/mol. The molecule has 0 saturated carbocycles. The van der Waals surface area contributed by atoms with Crippen molar-refractivity contribution < 1.29 is 14.6 Å². The molecular formula is C11H20N2O3. The first-order valence-electron chi connectivity index (χ1n) is 6.07. The highest BCUT2D eigenvalue weighted by atomic mass is 16.5. The highest BCUT2D eigenvalue weighted by molar-refractivity contribution is 5.75. The zero-order valence-electron chi connectivity index (χ0n) is 9.52. The quantitative estimate of drug-likeness (QED) is 0.716. The Morgan fingerprint density at radius 3 is 2.81 bits per heavy atom. The molecule has 0 aromatic heterocycles. The number of aliphatic hydroxyl groups excluding tert-OH is 1. The molecule has 2 amide bonds. The summed E-state index contributed by atoms with van der Waals surface area (Å²) in [5.41, 5.74) is 0. The van der Waals surface area contributed by atoms with Crippen LogP contribution in [-0.4, -0.2) is 54.5 Å². The van der Waals surface area contributed by atoms with Gasteiger partial charge in [-0.15, -0.1) is 0 Å². The van der Waals surface area contributed by atoms with Crippen LogP contribution < -0.4 is 5.32 Å². The van der Waals surface area contributed by atoms with Gasteiger partial charge < -0.3 is 20.1 Å². The number of ether oxygens (including phenoxy) is 1. The number of carbonyl (C=O) groups excluding carboxylic acids is 1. The van der Waals surface area contributed by atoms with E-state index in [1.165, 1.54) is 0 Å². The van der Waals surface area contributed by atoms with Gasteiger partial charge >= 0.3 is 6.03 Å². The van der Waals surface area contributed by atoms with Gasteiger partial charge in [0.25, 0.3) is 0 Å². The van der Waals surface area contributed by atoms with E-state index in [4.69, 9.17) is 9.84 Å². The van der Waals surface area contributed by atoms with Gasteiger partial charge in [-0.3, -0.25) is 0 Å². The van der Waals surface area contributed by atoms with E-state index in [2.05, 4.69) is 5.32 Å². The monoisotopic (exact) mass is 228 g/mol. The zero-order valence-corrected chi connectivity index (χ0v) is 9.52. The molecule has 2 aliphatic rings. The first-order valence-corrected chi connectivity index (χ1v) is 6.07. The average Bonchev–Trinajstić information content (AvgIpc) is 2.78. The van der Waals surface area contributed by atoms with Crippen LogP contribution in [0.4, 0.5) is 4.79 Å². The van der Waals surface area contributed by atoms with Crippen LogP contribution in [0.15, 0.2) is 0 Å². The van der Waals surface area contributed by atoms with E-state index < -0.39 is 0 Å². The Balaban J connectivity index is 1.82. The molecule has 0 bridgehead atoms. The fraction of sp³-hybridized carbons (Fsp3) is 0.909. The fourth-order valence-electron chi connectivity index (χ4n) is 2.39. The number of nitrogens with one attached hydrogen (secondary N) is 1. The number of nitrogens with zero attached hydrogens (tertiary/aromatic N) is 1. The van der Waals surface area contributed by atoms with Crippen LogP contribution >= 0.6 is 0 Å². The molecule has 5 heteroatoms. The maximum atomic E-state index is 11.9. The minimum Gasteiger partial charge on any atom is -0.394 e. The summed E-state index contributed by atoms with van der Waals surface area (Å²) in [4.78, 5) is 13.7. The molecule has 0 aliphatic carbocycles. The largest absolute Gasteiger partial charge is 0.394 e. The summed E-state index contributed by atoms with van der Waals surface area (Å²) in [6, 6.07) is 0.226. The van der Waals surface area contributed by atoms with Crippen LogP contribution in [-0.2, 0) is 4.74 Å². The Bertz CT molecular complexity index is 241. The van der Waals surface area contributed by atoms with Crippen LogP contribution in [0.25, 0.3) is 0 Å². The van der Waals surface area contributed by atoms with Crippen molar-refractivity contribution in [2.75, 3.05) is 26.4 Å². The number of hydrogen-bond donors (Lipinski definition) is 2. The van der Waals surface area contributed by atoms with Crippen molar-refractivity contribution in [3.05, 3.63) is 0 Å². The molecule has 2 rings (SSSR count). The molecule has 0 radical (unpaired) electrons. The molecule has 0 aromatic rings. The van der Waals surface area contributed by atoms with Gasteiger partial charge in [0.05, 0.1) is 12.6 Å². The third-order valence-electron chi connectivity index (χ3n) is 3.40. The molecule has 2 fully saturated rings. The number of urea groups is 1. The summed E-state index contributed by atoms with van der Waals surface area (Å²) in [5, 5.41) is 12.2. The molecule has 16 heavy (non-hydrogen) atoms. The predicted molar refractivity (Wildman–Crippen MR) is 59.2 cm³/mol. The molecule has 1 atom stereocenters. The molecule has 92 valence electrons. The van der Waals surface area contributed by atoms with Gasteiger partial charge in [0, 0.05) is 25.8 Å². The van der Waals surface area contributed by atoms with Gasteiger partial charge in [0.1, 0.15) is 0 Å². The Kier molecular flexibility index (Phi) is 4.01. The van der Waals surface area contributed by atoms with Crippen LogP contribution in [0.1, 0.15) is 25.7 Å². The smallest absolute Gasteiger partial charge is 0.317 e. The number of amides is 2. The van der Waals surface area contributed by atoms with Gasteiger partial charge in [-0.2, -0.15) is 0 Å². The van der Waals surface area contributed by atoms with E-state index >= 15 is 0 Å². The third-order valence-corrected chi connectivity index (χ3v) is 3.40. The van der Waals surface area contributed by atoms with E-state index in [1.807, 2.05) is 0 Å². The first-order chi connectivity index (χ1) is 7.81. The van der Waals surface area contributed by atoms with E-state index in [0.29, 0.717) is 0 Å². The molecule has 0 spiro atoms. The Morgan fingerprint density at radius 2 is 2.12 bits per heavy atom. The lowest BCUT2D eigenvalue weighted by Gasteiger charge is -2.28. The van der Waals surface area contributed by atoms with E-state index in [-0.39, 0.29) is 24.7 Å². The van der Waals surface area contributed by atoms with Gasteiger partial charge in [-0.05, 0) is 25.7 Å². The summed E-state index contributed by atoms with van der Waals surface area (Å²) < 4.78 is 5.24. The fourth-order valence-corrected chi connectivity index (χ4v) is 2.39. The van der Waals surface area contributed by atoms with E-state index in [9.17, 15) is 4.79 Å². The van der Waals surface area contributed by atoms with Crippen molar-refractivity contribution in [2.45, 2.75) is 37.8 Å². The maximum absolute atomic E-state index is 11.9. The molecule has 2 aliphatic heterocycles. The summed E-state index contributed by atoms with van der Waals surface area (Å²) in [6.45, 7) is 2.30. The number of carbonyl (C=O) groups is 1. The number of aliphatic hydroxyl groups is 1. The summed E-state index contributed by atoms with van der Waals surface area (Å²) >= 11 is 0. The molecule has 1 unspecified atom stereocenters. The van der Waals surface area contributed by atoms with Crippen molar-refractivity contribution in [2.24, 2.45) is 0 Å². The number of rotatable bonds is 2. The summed E-state index contributed by atoms with van der Waals surface area (Å²) in [7, 11) is 0. The van der Waals surface area contributed by atoms with Crippen LogP contribution in [0.3, 0.4) is 0 Å². The lowest BCUT2D eigenvalue weighted by molar-refractivity contribution is 0.0769. The normalized spacial score (nSPS) is 27.1. The zero-order chi connectivity index (χ0) is 11.4. The van der Waals surface area contributed by atoms with Crippen LogP contribution in [0.2, 0.25) is 0 Å². The van der Waals surface area contributed by atoms with Gasteiger partial charge in [0.2, 0.25) is 0 Å². The molecule has 2 N–H and O–H groups in total. The highest BCUT2D eigenvalue weighted by Gasteiger charge is 2.29. The number of likely N-dealkylation sites (tertiary alicyclic amines) is 1. The average molecular weight is 228 g/mol. The second-order valence-corrected chi connectivity index (χ2v) is 4.51. The van der Waals surface area contributed by atoms with Gasteiger partial charge in [0.15, 0.2) is 0 Å². The van der Waals surface area contributed by atoms with Gasteiger partial charge in [-0.1, -0.05) is 0 Å². The second-order valence-electron chi connectivity index (χ2n) is 4.51. The Labute approximate surface area is 95.8 Å². The summed E-state index contributed by atoms with van der Waals surface area (Å²) in [6.07, 6.45) is 3.69. The number of hydrogen-bond acceptors (Lipinski definition) is 3. The molecule has 2 heterocycles. The minimum absolute atomic E-state index is 0.0137. The van der Waals surface area contributed by atoms with Crippen molar-refractivity contribution in [3.8, 4) is 0 Å². The second kappa shape index (κ2) is 5.50. The van der Waals surface area contributed by atoms with E-state index in [1.54, 1.807) is 4.90 Å². The third kappa shape index (κ3) is 2.65. The van der Waals surface area contributed by atoms with Crippen molar-refractivity contribution in [1.82, 2.24) is 10.2 Å². The van der Waals surface area contributed by atoms with Crippen molar-refractivity contribution in [3.63, 3.8) is 0 Å². The van der Waals surface area contributed by atoms with Crippen molar-refractivity contribution in [1.29, 1.82) is 0 Å². The summed E-state index contributed by atoms with van der Waals surface area (Å²) in [5.74, 6) is 0. The minimum atomic E-state index is -0.0246. The lowest BCUT2D eigenvalue weighted by atomic mass is 10.1.